The van der Waals surface area contributed by atoms with Crippen LogP contribution in [0.15, 0.2) is 60.9 Å². The number of aromatic nitrogens is 2. The van der Waals surface area contributed by atoms with Gasteiger partial charge in [0.15, 0.2) is 0 Å². The van der Waals surface area contributed by atoms with Crippen molar-refractivity contribution in [1.29, 1.82) is 0 Å². The van der Waals surface area contributed by atoms with E-state index in [0.29, 0.717) is 0 Å². The highest BCUT2D eigenvalue weighted by Crippen LogP contribution is 2.17. The highest BCUT2D eigenvalue weighted by Gasteiger charge is 2.17. The number of nitrogens with one attached hydrogen (secondary N) is 2. The number of fused-ring (bicyclic) bond motifs is 1. The molecule has 2 amide bonds. The first-order chi connectivity index (χ1) is 11.6. The topological polar surface area (TPSA) is 76.0 Å². The number of rotatable bonds is 4. The molecule has 6 heteroatoms. The van der Waals surface area contributed by atoms with Crippen molar-refractivity contribution in [3.63, 3.8) is 0 Å². The Morgan fingerprint density at radius 1 is 1.04 bits per heavy atom. The highest BCUT2D eigenvalue weighted by atomic mass is 16.2. The molecule has 2 N–H and O–H groups in total. The molecule has 0 aliphatic heterocycles. The molecule has 1 heterocycles. The molecule has 122 valence electrons. The van der Waals surface area contributed by atoms with Crippen molar-refractivity contribution in [3.05, 3.63) is 66.5 Å². The van der Waals surface area contributed by atoms with Crippen LogP contribution in [0.1, 0.15) is 18.5 Å². The van der Waals surface area contributed by atoms with Crippen molar-refractivity contribution < 1.29 is 9.59 Å². The number of para-hydroxylation sites is 2. The van der Waals surface area contributed by atoms with Crippen molar-refractivity contribution in [2.24, 2.45) is 0 Å². The molecule has 0 spiro atoms. The Labute approximate surface area is 139 Å². The summed E-state index contributed by atoms with van der Waals surface area (Å²) in [5, 5.41) is 0. The van der Waals surface area contributed by atoms with Gasteiger partial charge in [0.2, 0.25) is 5.91 Å². The van der Waals surface area contributed by atoms with Crippen LogP contribution in [0.2, 0.25) is 0 Å². The predicted octanol–water partition coefficient (Wildman–Crippen LogP) is 1.99. The van der Waals surface area contributed by atoms with E-state index in [2.05, 4.69) is 15.8 Å². The number of imidazole rings is 1. The lowest BCUT2D eigenvalue weighted by Crippen LogP contribution is -2.45. The Balaban J connectivity index is 1.59. The van der Waals surface area contributed by atoms with Crippen molar-refractivity contribution in [2.75, 3.05) is 0 Å². The number of carbonyl (C=O) groups excluding carboxylic acids is 2. The van der Waals surface area contributed by atoms with E-state index >= 15 is 0 Å². The van der Waals surface area contributed by atoms with Crippen LogP contribution in [0.4, 0.5) is 0 Å². The molecule has 0 aliphatic rings. The van der Waals surface area contributed by atoms with Crippen LogP contribution < -0.4 is 10.9 Å². The zero-order valence-corrected chi connectivity index (χ0v) is 13.3. The number of benzene rings is 2. The zero-order valence-electron chi connectivity index (χ0n) is 13.3. The second-order valence-electron chi connectivity index (χ2n) is 5.52. The fourth-order valence-electron chi connectivity index (χ4n) is 2.47. The molecule has 0 aliphatic carbocycles. The lowest BCUT2D eigenvalue weighted by atomic mass is 10.1. The lowest BCUT2D eigenvalue weighted by molar-refractivity contribution is -0.130. The first-order valence-corrected chi connectivity index (χ1v) is 7.69. The molecule has 3 rings (SSSR count). The van der Waals surface area contributed by atoms with E-state index in [9.17, 15) is 9.59 Å². The maximum atomic E-state index is 12.3. The lowest BCUT2D eigenvalue weighted by Gasteiger charge is -2.15. The van der Waals surface area contributed by atoms with Crippen LogP contribution >= 0.6 is 0 Å². The maximum Gasteiger partial charge on any atom is 0.261 e. The molecule has 0 bridgehead atoms. The molecule has 2 aromatic carbocycles. The van der Waals surface area contributed by atoms with Gasteiger partial charge in [0.1, 0.15) is 6.04 Å². The normalized spacial score (nSPS) is 11.9. The Hall–Kier alpha value is -3.15. The molecule has 1 atom stereocenters. The van der Waals surface area contributed by atoms with Crippen LogP contribution in [-0.2, 0) is 16.0 Å². The van der Waals surface area contributed by atoms with E-state index in [1.165, 1.54) is 0 Å². The molecule has 1 unspecified atom stereocenters. The van der Waals surface area contributed by atoms with Gasteiger partial charge >= 0.3 is 0 Å². The highest BCUT2D eigenvalue weighted by molar-refractivity contribution is 5.86. The average molecular weight is 322 g/mol. The maximum absolute atomic E-state index is 12.3. The average Bonchev–Trinajstić information content (AvgIpc) is 3.04. The van der Waals surface area contributed by atoms with Crippen LogP contribution in [0.25, 0.3) is 11.0 Å². The van der Waals surface area contributed by atoms with E-state index in [1.807, 2.05) is 54.6 Å². The summed E-state index contributed by atoms with van der Waals surface area (Å²) in [6.07, 6.45) is 1.84. The Bertz CT molecular complexity index is 858. The van der Waals surface area contributed by atoms with Crippen molar-refractivity contribution in [3.8, 4) is 0 Å². The number of amides is 2. The van der Waals surface area contributed by atoms with Gasteiger partial charge in [-0.15, -0.1) is 0 Å². The third-order valence-corrected chi connectivity index (χ3v) is 3.81. The second kappa shape index (κ2) is 6.95. The minimum Gasteiger partial charge on any atom is -0.318 e. The predicted molar refractivity (Wildman–Crippen MR) is 90.9 cm³/mol. The molecule has 0 fully saturated rings. The first kappa shape index (κ1) is 15.7. The molecule has 24 heavy (non-hydrogen) atoms. The first-order valence-electron chi connectivity index (χ1n) is 7.69. The van der Waals surface area contributed by atoms with Gasteiger partial charge in [0.05, 0.1) is 23.8 Å². The molecular weight excluding hydrogens is 304 g/mol. The van der Waals surface area contributed by atoms with Crippen LogP contribution in [0.3, 0.4) is 0 Å². The van der Waals surface area contributed by atoms with Crippen LogP contribution in [0, 0.1) is 0 Å². The van der Waals surface area contributed by atoms with Gasteiger partial charge in [-0.05, 0) is 24.6 Å². The molecular formula is C18H18N4O2. The van der Waals surface area contributed by atoms with Gasteiger partial charge in [-0.2, -0.15) is 0 Å². The van der Waals surface area contributed by atoms with Crippen LogP contribution in [0.5, 0.6) is 0 Å². The van der Waals surface area contributed by atoms with Crippen molar-refractivity contribution in [1.82, 2.24) is 20.4 Å². The molecule has 3 aromatic rings. The summed E-state index contributed by atoms with van der Waals surface area (Å²) in [6.45, 7) is 1.76. The molecule has 6 nitrogen and oxygen atoms in total. The summed E-state index contributed by atoms with van der Waals surface area (Å²) in [5.41, 5.74) is 7.50. The van der Waals surface area contributed by atoms with Gasteiger partial charge in [-0.25, -0.2) is 4.98 Å². The SMILES string of the molecule is CC(C(=O)NNC(=O)Cc1ccccc1)n1cnc2ccccc21. The van der Waals surface area contributed by atoms with Gasteiger partial charge in [0, 0.05) is 0 Å². The number of hydrogen-bond donors (Lipinski definition) is 2. The summed E-state index contributed by atoms with van der Waals surface area (Å²) in [5.74, 6) is -0.572. The standard InChI is InChI=1S/C18H18N4O2/c1-13(22-12-19-15-9-5-6-10-16(15)22)18(24)21-20-17(23)11-14-7-3-2-4-8-14/h2-10,12-13H,11H2,1H3,(H,20,23)(H,21,24). The largest absolute Gasteiger partial charge is 0.318 e. The number of hydrazine groups is 1. The van der Waals surface area contributed by atoms with E-state index in [1.54, 1.807) is 17.8 Å². The monoisotopic (exact) mass is 322 g/mol. The number of carbonyl (C=O) groups is 2. The van der Waals surface area contributed by atoms with E-state index in [-0.39, 0.29) is 18.2 Å². The molecule has 0 saturated heterocycles. The summed E-state index contributed by atoms with van der Waals surface area (Å²) in [6, 6.07) is 16.4. The van der Waals surface area contributed by atoms with E-state index in [0.717, 1.165) is 16.6 Å². The van der Waals surface area contributed by atoms with Crippen molar-refractivity contribution in [2.45, 2.75) is 19.4 Å². The Morgan fingerprint density at radius 3 is 2.54 bits per heavy atom. The summed E-state index contributed by atoms with van der Waals surface area (Å²) < 4.78 is 1.77. The van der Waals surface area contributed by atoms with E-state index < -0.39 is 6.04 Å². The van der Waals surface area contributed by atoms with Gasteiger partial charge in [-0.1, -0.05) is 42.5 Å². The van der Waals surface area contributed by atoms with Gasteiger partial charge in [-0.3, -0.25) is 20.4 Å². The van der Waals surface area contributed by atoms with Crippen molar-refractivity contribution >= 4 is 22.8 Å². The fraction of sp³-hybridized carbons (Fsp3) is 0.167. The minimum absolute atomic E-state index is 0.212. The molecule has 1 aromatic heterocycles. The smallest absolute Gasteiger partial charge is 0.261 e. The Morgan fingerprint density at radius 2 is 1.75 bits per heavy atom. The third-order valence-electron chi connectivity index (χ3n) is 3.81. The molecule has 0 saturated carbocycles. The minimum atomic E-state index is -0.491. The molecule has 0 radical (unpaired) electrons. The summed E-state index contributed by atoms with van der Waals surface area (Å²) in [4.78, 5) is 28.4. The summed E-state index contributed by atoms with van der Waals surface area (Å²) >= 11 is 0. The zero-order chi connectivity index (χ0) is 16.9. The fourth-order valence-corrected chi connectivity index (χ4v) is 2.47. The second-order valence-corrected chi connectivity index (χ2v) is 5.52. The van der Waals surface area contributed by atoms with E-state index in [4.69, 9.17) is 0 Å². The van der Waals surface area contributed by atoms with Gasteiger partial charge < -0.3 is 4.57 Å². The quantitative estimate of drug-likeness (QED) is 0.721. The van der Waals surface area contributed by atoms with Crippen LogP contribution in [-0.4, -0.2) is 21.4 Å². The number of hydrogen-bond acceptors (Lipinski definition) is 3. The number of nitrogens with zero attached hydrogens (tertiary/aromatic N) is 2. The van der Waals surface area contributed by atoms with Gasteiger partial charge in [0.25, 0.3) is 5.91 Å². The third kappa shape index (κ3) is 3.43. The Kier molecular flexibility index (Phi) is 4.56. The summed E-state index contributed by atoms with van der Waals surface area (Å²) in [7, 11) is 0.